The van der Waals surface area contributed by atoms with Crippen molar-refractivity contribution >= 4 is 29.2 Å². The number of benzene rings is 2. The highest BCUT2D eigenvalue weighted by atomic mass is 35.5. The molecule has 0 saturated carbocycles. The highest BCUT2D eigenvalue weighted by Gasteiger charge is 2.06. The molecule has 6 heteroatoms. The molecule has 0 saturated heterocycles. The van der Waals surface area contributed by atoms with Crippen molar-refractivity contribution in [3.8, 4) is 5.75 Å². The van der Waals surface area contributed by atoms with Crippen molar-refractivity contribution in [1.82, 2.24) is 0 Å². The number of carbonyl (C=O) groups is 2. The van der Waals surface area contributed by atoms with E-state index in [0.29, 0.717) is 16.5 Å². The number of rotatable bonds is 6. The summed E-state index contributed by atoms with van der Waals surface area (Å²) in [6.07, 6.45) is 0.200. The van der Waals surface area contributed by atoms with Crippen LogP contribution in [0, 0.1) is 0 Å². The first-order chi connectivity index (χ1) is 11.1. The van der Waals surface area contributed by atoms with Gasteiger partial charge in [0.2, 0.25) is 0 Å². The Balaban J connectivity index is 1.83. The van der Waals surface area contributed by atoms with Gasteiger partial charge in [0.05, 0.1) is 13.5 Å². The second-order valence-electron chi connectivity index (χ2n) is 4.74. The van der Waals surface area contributed by atoms with Crippen molar-refractivity contribution in [3.05, 3.63) is 59.1 Å². The standard InChI is InChI=1S/C17H16ClNO4/c1-22-17(21)9-12-5-7-15(8-6-12)23-11-16(20)19-14-4-2-3-13(18)10-14/h2-8,10H,9,11H2,1H3,(H,19,20). The minimum atomic E-state index is -0.306. The van der Waals surface area contributed by atoms with Crippen LogP contribution in [0.25, 0.3) is 0 Å². The van der Waals surface area contributed by atoms with Crippen LogP contribution >= 0.6 is 11.6 Å². The number of methoxy groups -OCH3 is 1. The third kappa shape index (κ3) is 5.64. The number of hydrogen-bond acceptors (Lipinski definition) is 4. The molecule has 1 N–H and O–H groups in total. The Hall–Kier alpha value is -2.53. The molecular weight excluding hydrogens is 318 g/mol. The van der Waals surface area contributed by atoms with E-state index in [1.54, 1.807) is 48.5 Å². The highest BCUT2D eigenvalue weighted by Crippen LogP contribution is 2.15. The molecule has 0 aliphatic rings. The fourth-order valence-corrected chi connectivity index (χ4v) is 2.04. The predicted octanol–water partition coefficient (Wildman–Crippen LogP) is 3.07. The minimum Gasteiger partial charge on any atom is -0.484 e. The quantitative estimate of drug-likeness (QED) is 0.825. The molecule has 120 valence electrons. The van der Waals surface area contributed by atoms with Gasteiger partial charge in [-0.2, -0.15) is 0 Å². The molecule has 0 spiro atoms. The SMILES string of the molecule is COC(=O)Cc1ccc(OCC(=O)Nc2cccc(Cl)c2)cc1. The summed E-state index contributed by atoms with van der Waals surface area (Å²) in [6.45, 7) is -0.122. The monoisotopic (exact) mass is 333 g/mol. The molecule has 0 aromatic heterocycles. The van der Waals surface area contributed by atoms with Gasteiger partial charge in [-0.05, 0) is 35.9 Å². The van der Waals surface area contributed by atoms with Gasteiger partial charge in [0, 0.05) is 10.7 Å². The van der Waals surface area contributed by atoms with Crippen LogP contribution in [0.5, 0.6) is 5.75 Å². The van der Waals surface area contributed by atoms with Gasteiger partial charge in [-0.25, -0.2) is 0 Å². The molecule has 1 amide bonds. The van der Waals surface area contributed by atoms with E-state index in [9.17, 15) is 9.59 Å². The van der Waals surface area contributed by atoms with Crippen molar-refractivity contribution in [3.63, 3.8) is 0 Å². The first-order valence-electron chi connectivity index (χ1n) is 6.91. The molecule has 5 nitrogen and oxygen atoms in total. The lowest BCUT2D eigenvalue weighted by Gasteiger charge is -2.08. The Bertz CT molecular complexity index is 685. The lowest BCUT2D eigenvalue weighted by molar-refractivity contribution is -0.139. The molecule has 0 aliphatic carbocycles. The fourth-order valence-electron chi connectivity index (χ4n) is 1.85. The Morgan fingerprint density at radius 3 is 2.52 bits per heavy atom. The van der Waals surface area contributed by atoms with Gasteiger partial charge >= 0.3 is 5.97 Å². The molecule has 0 fully saturated rings. The topological polar surface area (TPSA) is 64.6 Å². The Morgan fingerprint density at radius 2 is 1.87 bits per heavy atom. The third-order valence-corrected chi connectivity index (χ3v) is 3.21. The van der Waals surface area contributed by atoms with E-state index in [-0.39, 0.29) is 24.9 Å². The Morgan fingerprint density at radius 1 is 1.13 bits per heavy atom. The van der Waals surface area contributed by atoms with Gasteiger partial charge in [-0.1, -0.05) is 29.8 Å². The summed E-state index contributed by atoms with van der Waals surface area (Å²) in [5.41, 5.74) is 1.42. The second kappa shape index (κ2) is 8.19. The zero-order valence-electron chi connectivity index (χ0n) is 12.5. The molecule has 0 aliphatic heterocycles. The largest absolute Gasteiger partial charge is 0.484 e. The second-order valence-corrected chi connectivity index (χ2v) is 5.18. The summed E-state index contributed by atoms with van der Waals surface area (Å²) in [5, 5.41) is 3.23. The number of halogens is 1. The van der Waals surface area contributed by atoms with Crippen LogP contribution in [0.2, 0.25) is 5.02 Å². The summed E-state index contributed by atoms with van der Waals surface area (Å²) >= 11 is 5.85. The van der Waals surface area contributed by atoms with E-state index in [1.165, 1.54) is 7.11 Å². The van der Waals surface area contributed by atoms with Crippen molar-refractivity contribution in [2.24, 2.45) is 0 Å². The Labute approximate surface area is 139 Å². The van der Waals surface area contributed by atoms with Gasteiger partial charge in [0.1, 0.15) is 5.75 Å². The summed E-state index contributed by atoms with van der Waals surface area (Å²) < 4.78 is 9.99. The van der Waals surface area contributed by atoms with E-state index in [0.717, 1.165) is 5.56 Å². The summed E-state index contributed by atoms with van der Waals surface area (Å²) in [7, 11) is 1.35. The molecule has 0 unspecified atom stereocenters. The van der Waals surface area contributed by atoms with Crippen LogP contribution < -0.4 is 10.1 Å². The molecular formula is C17H16ClNO4. The maximum Gasteiger partial charge on any atom is 0.309 e. The van der Waals surface area contributed by atoms with Crippen molar-refractivity contribution in [1.29, 1.82) is 0 Å². The normalized spacial score (nSPS) is 10.0. The van der Waals surface area contributed by atoms with Crippen LogP contribution in [0.3, 0.4) is 0 Å². The van der Waals surface area contributed by atoms with Crippen LogP contribution in [0.1, 0.15) is 5.56 Å². The fraction of sp³-hybridized carbons (Fsp3) is 0.176. The molecule has 2 rings (SSSR count). The molecule has 0 heterocycles. The Kier molecular flexibility index (Phi) is 6.00. The van der Waals surface area contributed by atoms with Gasteiger partial charge in [0.25, 0.3) is 5.91 Å². The summed E-state index contributed by atoms with van der Waals surface area (Å²) in [4.78, 5) is 23.0. The average molecular weight is 334 g/mol. The predicted molar refractivity (Wildman–Crippen MR) is 87.7 cm³/mol. The lowest BCUT2D eigenvalue weighted by atomic mass is 10.1. The molecule has 0 radical (unpaired) electrons. The third-order valence-electron chi connectivity index (χ3n) is 2.98. The molecule has 0 bridgehead atoms. The molecule has 2 aromatic rings. The van der Waals surface area contributed by atoms with E-state index in [4.69, 9.17) is 16.3 Å². The lowest BCUT2D eigenvalue weighted by Crippen LogP contribution is -2.20. The van der Waals surface area contributed by atoms with E-state index in [1.807, 2.05) is 0 Å². The van der Waals surface area contributed by atoms with Crippen molar-refractivity contribution in [2.75, 3.05) is 19.0 Å². The maximum atomic E-state index is 11.8. The molecule has 2 aromatic carbocycles. The minimum absolute atomic E-state index is 0.122. The number of carbonyl (C=O) groups excluding carboxylic acids is 2. The number of esters is 1. The van der Waals surface area contributed by atoms with Crippen LogP contribution in [-0.2, 0) is 20.7 Å². The molecule has 0 atom stereocenters. The summed E-state index contributed by atoms with van der Waals surface area (Å²) in [5.74, 6) is -0.0506. The number of anilines is 1. The first-order valence-corrected chi connectivity index (χ1v) is 7.28. The van der Waals surface area contributed by atoms with Gasteiger partial charge < -0.3 is 14.8 Å². The maximum absolute atomic E-state index is 11.8. The van der Waals surface area contributed by atoms with E-state index >= 15 is 0 Å². The number of ether oxygens (including phenoxy) is 2. The van der Waals surface area contributed by atoms with Crippen molar-refractivity contribution in [2.45, 2.75) is 6.42 Å². The van der Waals surface area contributed by atoms with E-state index < -0.39 is 0 Å². The highest BCUT2D eigenvalue weighted by molar-refractivity contribution is 6.30. The number of hydrogen-bond donors (Lipinski definition) is 1. The zero-order chi connectivity index (χ0) is 16.7. The van der Waals surface area contributed by atoms with E-state index in [2.05, 4.69) is 10.1 Å². The first kappa shape index (κ1) is 16.8. The van der Waals surface area contributed by atoms with Gasteiger partial charge in [-0.3, -0.25) is 9.59 Å². The number of nitrogens with one attached hydrogen (secondary N) is 1. The smallest absolute Gasteiger partial charge is 0.309 e. The van der Waals surface area contributed by atoms with Crippen LogP contribution in [0.15, 0.2) is 48.5 Å². The van der Waals surface area contributed by atoms with Crippen LogP contribution in [0.4, 0.5) is 5.69 Å². The zero-order valence-corrected chi connectivity index (χ0v) is 13.3. The van der Waals surface area contributed by atoms with Crippen LogP contribution in [-0.4, -0.2) is 25.6 Å². The van der Waals surface area contributed by atoms with Gasteiger partial charge in [0.15, 0.2) is 6.61 Å². The summed E-state index contributed by atoms with van der Waals surface area (Å²) in [6, 6.07) is 13.8. The number of amides is 1. The molecule has 23 heavy (non-hydrogen) atoms. The van der Waals surface area contributed by atoms with Gasteiger partial charge in [-0.15, -0.1) is 0 Å². The average Bonchev–Trinajstić information content (AvgIpc) is 2.54. The van der Waals surface area contributed by atoms with Crippen molar-refractivity contribution < 1.29 is 19.1 Å².